The molecule has 0 saturated carbocycles. The van der Waals surface area contributed by atoms with Crippen LogP contribution in [0.15, 0.2) is 46.3 Å². The van der Waals surface area contributed by atoms with E-state index in [2.05, 4.69) is 42.5 Å². The molecule has 27 heavy (non-hydrogen) atoms. The molecule has 1 aromatic heterocycles. The molecule has 3 rings (SSSR count). The lowest BCUT2D eigenvalue weighted by Gasteiger charge is -2.07. The maximum atomic E-state index is 12.9. The van der Waals surface area contributed by atoms with Gasteiger partial charge in [-0.2, -0.15) is 4.99 Å². The highest BCUT2D eigenvalue weighted by Crippen LogP contribution is 2.24. The average Bonchev–Trinajstić information content (AvgIpc) is 2.97. The Labute approximate surface area is 167 Å². The number of aromatic nitrogens is 1. The van der Waals surface area contributed by atoms with Crippen LogP contribution in [0.4, 0.5) is 0 Å². The molecule has 3 aromatic rings. The minimum atomic E-state index is -0.197. The largest absolute Gasteiger partial charge is 0.383 e. The van der Waals surface area contributed by atoms with Gasteiger partial charge in [-0.1, -0.05) is 30.4 Å². The van der Waals surface area contributed by atoms with E-state index in [1.807, 2.05) is 24.3 Å². The van der Waals surface area contributed by atoms with Crippen molar-refractivity contribution in [3.05, 3.63) is 57.9 Å². The van der Waals surface area contributed by atoms with E-state index in [0.717, 1.165) is 20.9 Å². The second-order valence-corrected chi connectivity index (χ2v) is 8.59. The molecule has 1 heterocycles. The van der Waals surface area contributed by atoms with Crippen molar-refractivity contribution in [2.24, 2.45) is 4.99 Å². The van der Waals surface area contributed by atoms with Crippen LogP contribution < -0.4 is 4.80 Å². The molecule has 0 spiro atoms. The third-order valence-electron chi connectivity index (χ3n) is 4.43. The summed E-state index contributed by atoms with van der Waals surface area (Å²) in [6, 6.07) is 12.0. The van der Waals surface area contributed by atoms with Gasteiger partial charge in [-0.15, -0.1) is 11.8 Å². The van der Waals surface area contributed by atoms with Gasteiger partial charge in [0.15, 0.2) is 4.80 Å². The molecule has 1 amide bonds. The molecule has 0 N–H and O–H groups in total. The lowest BCUT2D eigenvalue weighted by Crippen LogP contribution is -2.19. The van der Waals surface area contributed by atoms with Gasteiger partial charge in [-0.3, -0.25) is 4.79 Å². The molecule has 0 aliphatic carbocycles. The molecule has 4 nitrogen and oxygen atoms in total. The zero-order valence-electron chi connectivity index (χ0n) is 16.1. The zero-order valence-corrected chi connectivity index (χ0v) is 17.7. The monoisotopic (exact) mass is 400 g/mol. The predicted molar refractivity (Wildman–Crippen MR) is 114 cm³/mol. The van der Waals surface area contributed by atoms with Crippen LogP contribution >= 0.6 is 23.1 Å². The molecule has 0 radical (unpaired) electrons. The summed E-state index contributed by atoms with van der Waals surface area (Å²) in [5.41, 5.74) is 4.23. The van der Waals surface area contributed by atoms with Gasteiger partial charge in [-0.05, 0) is 55.0 Å². The van der Waals surface area contributed by atoms with Gasteiger partial charge in [0, 0.05) is 18.6 Å². The van der Waals surface area contributed by atoms with Crippen LogP contribution in [0.25, 0.3) is 10.2 Å². The highest BCUT2D eigenvalue weighted by molar-refractivity contribution is 7.99. The number of nitrogens with zero attached hydrogens (tertiary/aromatic N) is 2. The Hall–Kier alpha value is -1.89. The van der Waals surface area contributed by atoms with Crippen molar-refractivity contribution in [2.75, 3.05) is 19.5 Å². The number of thiazole rings is 1. The van der Waals surface area contributed by atoms with E-state index in [0.29, 0.717) is 23.5 Å². The van der Waals surface area contributed by atoms with E-state index >= 15 is 0 Å². The number of fused-ring (bicyclic) bond motifs is 1. The Balaban J connectivity index is 2.13. The van der Waals surface area contributed by atoms with Gasteiger partial charge in [0.25, 0.3) is 5.91 Å². The van der Waals surface area contributed by atoms with Crippen molar-refractivity contribution in [1.29, 1.82) is 0 Å². The number of ether oxygens (including phenoxy) is 1. The van der Waals surface area contributed by atoms with Crippen LogP contribution in [-0.2, 0) is 11.3 Å². The highest BCUT2D eigenvalue weighted by Gasteiger charge is 2.13. The Morgan fingerprint density at radius 1 is 1.22 bits per heavy atom. The van der Waals surface area contributed by atoms with Crippen LogP contribution in [0.5, 0.6) is 0 Å². The van der Waals surface area contributed by atoms with E-state index in [-0.39, 0.29) is 5.91 Å². The minimum absolute atomic E-state index is 0.197. The van der Waals surface area contributed by atoms with Crippen LogP contribution in [0.1, 0.15) is 28.4 Å². The summed E-state index contributed by atoms with van der Waals surface area (Å²) in [5.74, 6) is 0.720. The van der Waals surface area contributed by atoms with Crippen molar-refractivity contribution < 1.29 is 9.53 Å². The molecule has 0 atom stereocenters. The number of hydrogen-bond acceptors (Lipinski definition) is 4. The van der Waals surface area contributed by atoms with E-state index in [4.69, 9.17) is 4.74 Å². The SMILES string of the molecule is CCSc1ccccc1C(=O)N=c1sc2cc(C)c(C)cc2n1CCOC. The number of methoxy groups -OCH3 is 1. The Bertz CT molecular complexity index is 1030. The molecule has 142 valence electrons. The van der Waals surface area contributed by atoms with Crippen LogP contribution in [0, 0.1) is 13.8 Å². The van der Waals surface area contributed by atoms with Crippen LogP contribution in [0.3, 0.4) is 0 Å². The normalized spacial score (nSPS) is 12.1. The molecular formula is C21H24N2O2S2. The number of benzene rings is 2. The van der Waals surface area contributed by atoms with Crippen molar-refractivity contribution in [3.63, 3.8) is 0 Å². The fourth-order valence-electron chi connectivity index (χ4n) is 2.88. The summed E-state index contributed by atoms with van der Waals surface area (Å²) in [7, 11) is 1.69. The summed E-state index contributed by atoms with van der Waals surface area (Å²) in [5, 5.41) is 0. The standard InChI is InChI=1S/C21H24N2O2S2/c1-5-26-18-9-7-6-8-16(18)20(24)22-21-23(10-11-25-4)17-12-14(2)15(3)13-19(17)27-21/h6-9,12-13H,5,10-11H2,1-4H3. The summed E-state index contributed by atoms with van der Waals surface area (Å²) < 4.78 is 8.49. The summed E-state index contributed by atoms with van der Waals surface area (Å²) in [6.07, 6.45) is 0. The van der Waals surface area contributed by atoms with E-state index < -0.39 is 0 Å². The first-order valence-electron chi connectivity index (χ1n) is 8.95. The molecule has 0 aliphatic heterocycles. The summed E-state index contributed by atoms with van der Waals surface area (Å²) >= 11 is 3.22. The second-order valence-electron chi connectivity index (χ2n) is 6.28. The van der Waals surface area contributed by atoms with Crippen molar-refractivity contribution in [2.45, 2.75) is 32.2 Å². The van der Waals surface area contributed by atoms with Crippen LogP contribution in [-0.4, -0.2) is 29.9 Å². The number of rotatable bonds is 6. The fourth-order valence-corrected chi connectivity index (χ4v) is 4.81. The molecular weight excluding hydrogens is 376 g/mol. The molecule has 6 heteroatoms. The van der Waals surface area contributed by atoms with Crippen molar-refractivity contribution >= 4 is 39.2 Å². The fraction of sp³-hybridized carbons (Fsp3) is 0.333. The van der Waals surface area contributed by atoms with E-state index in [9.17, 15) is 4.79 Å². The topological polar surface area (TPSA) is 43.6 Å². The van der Waals surface area contributed by atoms with Gasteiger partial charge < -0.3 is 9.30 Å². The van der Waals surface area contributed by atoms with Gasteiger partial charge in [0.05, 0.1) is 22.4 Å². The maximum absolute atomic E-state index is 12.9. The minimum Gasteiger partial charge on any atom is -0.383 e. The van der Waals surface area contributed by atoms with Crippen molar-refractivity contribution in [3.8, 4) is 0 Å². The molecule has 0 bridgehead atoms. The number of carbonyl (C=O) groups excluding carboxylic acids is 1. The van der Waals surface area contributed by atoms with E-state index in [1.165, 1.54) is 11.1 Å². The molecule has 0 aliphatic rings. The number of hydrogen-bond donors (Lipinski definition) is 0. The second kappa shape index (κ2) is 8.87. The van der Waals surface area contributed by atoms with Crippen molar-refractivity contribution in [1.82, 2.24) is 4.57 Å². The average molecular weight is 401 g/mol. The van der Waals surface area contributed by atoms with E-state index in [1.54, 1.807) is 30.2 Å². The summed E-state index contributed by atoms with van der Waals surface area (Å²) in [6.45, 7) is 7.53. The van der Waals surface area contributed by atoms with Crippen LogP contribution in [0.2, 0.25) is 0 Å². The summed E-state index contributed by atoms with van der Waals surface area (Å²) in [4.78, 5) is 19.1. The van der Waals surface area contributed by atoms with Gasteiger partial charge in [0.2, 0.25) is 0 Å². The number of amides is 1. The third-order valence-corrected chi connectivity index (χ3v) is 6.43. The Morgan fingerprint density at radius 2 is 1.96 bits per heavy atom. The molecule has 0 unspecified atom stereocenters. The Kier molecular flexibility index (Phi) is 6.52. The lowest BCUT2D eigenvalue weighted by atomic mass is 10.1. The first-order valence-corrected chi connectivity index (χ1v) is 10.8. The quantitative estimate of drug-likeness (QED) is 0.557. The lowest BCUT2D eigenvalue weighted by molar-refractivity contribution is 0.0994. The number of thioether (sulfide) groups is 1. The van der Waals surface area contributed by atoms with Gasteiger partial charge in [-0.25, -0.2) is 0 Å². The third kappa shape index (κ3) is 4.34. The number of carbonyl (C=O) groups is 1. The molecule has 0 saturated heterocycles. The first-order chi connectivity index (χ1) is 13.0. The smallest absolute Gasteiger partial charge is 0.280 e. The van der Waals surface area contributed by atoms with Gasteiger partial charge in [0.1, 0.15) is 0 Å². The number of aryl methyl sites for hydroxylation is 2. The first kappa shape index (κ1) is 19.9. The maximum Gasteiger partial charge on any atom is 0.280 e. The molecule has 0 fully saturated rings. The zero-order chi connectivity index (χ0) is 19.4. The predicted octanol–water partition coefficient (Wildman–Crippen LogP) is 4.82. The highest BCUT2D eigenvalue weighted by atomic mass is 32.2. The Morgan fingerprint density at radius 3 is 2.70 bits per heavy atom. The van der Waals surface area contributed by atoms with Gasteiger partial charge >= 0.3 is 0 Å². The molecule has 2 aromatic carbocycles.